The first kappa shape index (κ1) is 12.8. The molecule has 2 unspecified atom stereocenters. The summed E-state index contributed by atoms with van der Waals surface area (Å²) in [5, 5.41) is 2.14. The average molecular weight is 290 g/mol. The van der Waals surface area contributed by atoms with E-state index in [2.05, 4.69) is 27.3 Å². The van der Waals surface area contributed by atoms with Crippen LogP contribution in [-0.4, -0.2) is 41.9 Å². The monoisotopic (exact) mass is 290 g/mol. The fraction of sp³-hybridized carbons (Fsp3) is 0.688. The molecule has 1 aromatic heterocycles. The maximum absolute atomic E-state index is 12.5. The molecule has 1 aliphatic heterocycles. The minimum atomic E-state index is 0.364. The van der Waals surface area contributed by atoms with E-state index in [0.29, 0.717) is 11.8 Å². The van der Waals surface area contributed by atoms with Gasteiger partial charge in [-0.05, 0) is 42.5 Å². The zero-order chi connectivity index (χ0) is 13.5. The number of amides is 1. The predicted molar refractivity (Wildman–Crippen MR) is 80.5 cm³/mol. The Kier molecular flexibility index (Phi) is 3.31. The van der Waals surface area contributed by atoms with Gasteiger partial charge in [0.1, 0.15) is 0 Å². The number of thiophene rings is 1. The molecule has 20 heavy (non-hydrogen) atoms. The summed E-state index contributed by atoms with van der Waals surface area (Å²) in [7, 11) is 0. The minimum absolute atomic E-state index is 0.364. The van der Waals surface area contributed by atoms with Gasteiger partial charge in [-0.25, -0.2) is 0 Å². The maximum Gasteiger partial charge on any atom is 0.225 e. The topological polar surface area (TPSA) is 23.6 Å². The van der Waals surface area contributed by atoms with Gasteiger partial charge < -0.3 is 4.90 Å². The molecule has 0 N–H and O–H groups in total. The third-order valence-corrected chi connectivity index (χ3v) is 6.10. The quantitative estimate of drug-likeness (QED) is 0.853. The zero-order valence-electron chi connectivity index (χ0n) is 11.8. The smallest absolute Gasteiger partial charge is 0.225 e. The maximum atomic E-state index is 12.5. The Morgan fingerprint density at radius 1 is 1.15 bits per heavy atom. The largest absolute Gasteiger partial charge is 0.340 e. The van der Waals surface area contributed by atoms with Crippen LogP contribution in [0.1, 0.15) is 24.1 Å². The summed E-state index contributed by atoms with van der Waals surface area (Å²) in [6, 6.07) is 4.32. The van der Waals surface area contributed by atoms with Gasteiger partial charge in [-0.15, -0.1) is 11.3 Å². The van der Waals surface area contributed by atoms with Crippen molar-refractivity contribution >= 4 is 17.2 Å². The second-order valence-electron chi connectivity index (χ2n) is 6.60. The van der Waals surface area contributed by atoms with Crippen LogP contribution in [0.15, 0.2) is 17.5 Å². The van der Waals surface area contributed by atoms with E-state index >= 15 is 0 Å². The lowest BCUT2D eigenvalue weighted by Crippen LogP contribution is -2.49. The SMILES string of the molecule is O=C(C1CC2CC2C1)N1CCN(Cc2cccs2)CC1. The van der Waals surface area contributed by atoms with Crippen LogP contribution < -0.4 is 0 Å². The fourth-order valence-corrected chi connectivity index (χ4v) is 4.67. The van der Waals surface area contributed by atoms with Crippen molar-refractivity contribution in [1.29, 1.82) is 0 Å². The van der Waals surface area contributed by atoms with Crippen molar-refractivity contribution in [2.24, 2.45) is 17.8 Å². The molecule has 2 atom stereocenters. The van der Waals surface area contributed by atoms with E-state index < -0.39 is 0 Å². The second kappa shape index (κ2) is 5.15. The Morgan fingerprint density at radius 2 is 1.90 bits per heavy atom. The van der Waals surface area contributed by atoms with Crippen LogP contribution >= 0.6 is 11.3 Å². The number of carbonyl (C=O) groups excluding carboxylic acids is 1. The highest BCUT2D eigenvalue weighted by atomic mass is 32.1. The summed E-state index contributed by atoms with van der Waals surface area (Å²) in [5.74, 6) is 2.63. The van der Waals surface area contributed by atoms with Gasteiger partial charge in [0.15, 0.2) is 0 Å². The summed E-state index contributed by atoms with van der Waals surface area (Å²) in [4.78, 5) is 18.5. The molecular formula is C16H22N2OS. The van der Waals surface area contributed by atoms with Crippen molar-refractivity contribution in [3.63, 3.8) is 0 Å². The first-order valence-corrected chi connectivity index (χ1v) is 8.71. The number of piperazine rings is 1. The van der Waals surface area contributed by atoms with Gasteiger partial charge >= 0.3 is 0 Å². The van der Waals surface area contributed by atoms with E-state index in [1.807, 2.05) is 11.3 Å². The standard InChI is InChI=1S/C16H22N2OS/c19-16(14-9-12-8-13(12)10-14)18-5-3-17(4-6-18)11-15-2-1-7-20-15/h1-2,7,12-14H,3-6,8-11H2. The lowest BCUT2D eigenvalue weighted by molar-refractivity contribution is -0.137. The Hall–Kier alpha value is -0.870. The van der Waals surface area contributed by atoms with Crippen molar-refractivity contribution in [1.82, 2.24) is 9.80 Å². The van der Waals surface area contributed by atoms with Crippen molar-refractivity contribution in [3.05, 3.63) is 22.4 Å². The summed E-state index contributed by atoms with van der Waals surface area (Å²) >= 11 is 1.83. The molecule has 0 bridgehead atoms. The average Bonchev–Trinajstić information content (AvgIpc) is 2.90. The number of hydrogen-bond acceptors (Lipinski definition) is 3. The lowest BCUT2D eigenvalue weighted by atomic mass is 10.0. The Balaban J connectivity index is 1.27. The van der Waals surface area contributed by atoms with Crippen molar-refractivity contribution in [2.75, 3.05) is 26.2 Å². The van der Waals surface area contributed by atoms with Gasteiger partial charge in [0.2, 0.25) is 5.91 Å². The first-order chi connectivity index (χ1) is 9.79. The van der Waals surface area contributed by atoms with Crippen LogP contribution in [-0.2, 0) is 11.3 Å². The van der Waals surface area contributed by atoms with Gasteiger partial charge in [0, 0.05) is 43.5 Å². The Bertz CT molecular complexity index is 469. The number of fused-ring (bicyclic) bond motifs is 1. The number of carbonyl (C=O) groups is 1. The predicted octanol–water partition coefficient (Wildman–Crippen LogP) is 2.44. The van der Waals surface area contributed by atoms with Crippen molar-refractivity contribution in [3.8, 4) is 0 Å². The van der Waals surface area contributed by atoms with E-state index in [-0.39, 0.29) is 0 Å². The molecule has 0 aromatic carbocycles. The van der Waals surface area contributed by atoms with Crippen LogP contribution in [0.25, 0.3) is 0 Å². The van der Waals surface area contributed by atoms with E-state index in [9.17, 15) is 4.79 Å². The molecule has 1 saturated heterocycles. The van der Waals surface area contributed by atoms with E-state index in [0.717, 1.165) is 44.6 Å². The van der Waals surface area contributed by atoms with Crippen molar-refractivity contribution < 1.29 is 4.79 Å². The van der Waals surface area contributed by atoms with Crippen LogP contribution in [0.4, 0.5) is 0 Å². The minimum Gasteiger partial charge on any atom is -0.340 e. The van der Waals surface area contributed by atoms with Gasteiger partial charge in [0.05, 0.1) is 0 Å². The molecular weight excluding hydrogens is 268 g/mol. The van der Waals surface area contributed by atoms with Crippen LogP contribution in [0.2, 0.25) is 0 Å². The third kappa shape index (κ3) is 2.51. The molecule has 2 saturated carbocycles. The van der Waals surface area contributed by atoms with E-state index in [1.54, 1.807) is 0 Å². The third-order valence-electron chi connectivity index (χ3n) is 5.24. The molecule has 1 amide bonds. The molecule has 4 rings (SSSR count). The molecule has 3 fully saturated rings. The molecule has 0 spiro atoms. The van der Waals surface area contributed by atoms with Crippen LogP contribution in [0.5, 0.6) is 0 Å². The molecule has 108 valence electrons. The number of rotatable bonds is 3. The highest BCUT2D eigenvalue weighted by Gasteiger charge is 2.48. The summed E-state index contributed by atoms with van der Waals surface area (Å²) < 4.78 is 0. The molecule has 4 heteroatoms. The fourth-order valence-electron chi connectivity index (χ4n) is 3.92. The summed E-state index contributed by atoms with van der Waals surface area (Å²) in [6.45, 7) is 4.96. The Morgan fingerprint density at radius 3 is 2.55 bits per heavy atom. The highest BCUT2D eigenvalue weighted by molar-refractivity contribution is 7.09. The second-order valence-corrected chi connectivity index (χ2v) is 7.64. The number of hydrogen-bond donors (Lipinski definition) is 0. The molecule has 3 nitrogen and oxygen atoms in total. The van der Waals surface area contributed by atoms with Crippen LogP contribution in [0, 0.1) is 17.8 Å². The molecule has 2 heterocycles. The summed E-state index contributed by atoms with van der Waals surface area (Å²) in [5.41, 5.74) is 0. The zero-order valence-corrected chi connectivity index (χ0v) is 12.6. The molecule has 3 aliphatic rings. The van der Waals surface area contributed by atoms with Crippen molar-refractivity contribution in [2.45, 2.75) is 25.8 Å². The van der Waals surface area contributed by atoms with Gasteiger partial charge in [-0.2, -0.15) is 0 Å². The van der Waals surface area contributed by atoms with E-state index in [1.165, 1.54) is 24.1 Å². The van der Waals surface area contributed by atoms with Gasteiger partial charge in [-0.1, -0.05) is 6.07 Å². The van der Waals surface area contributed by atoms with Gasteiger partial charge in [0.25, 0.3) is 0 Å². The number of nitrogens with zero attached hydrogens (tertiary/aromatic N) is 2. The normalized spacial score (nSPS) is 33.2. The summed E-state index contributed by atoms with van der Waals surface area (Å²) in [6.07, 6.45) is 3.76. The first-order valence-electron chi connectivity index (χ1n) is 7.83. The lowest BCUT2D eigenvalue weighted by Gasteiger charge is -2.36. The van der Waals surface area contributed by atoms with E-state index in [4.69, 9.17) is 0 Å². The molecule has 0 radical (unpaired) electrons. The highest BCUT2D eigenvalue weighted by Crippen LogP contribution is 2.54. The van der Waals surface area contributed by atoms with Crippen LogP contribution in [0.3, 0.4) is 0 Å². The molecule has 1 aromatic rings. The Labute approximate surface area is 124 Å². The molecule has 2 aliphatic carbocycles. The van der Waals surface area contributed by atoms with Gasteiger partial charge in [-0.3, -0.25) is 9.69 Å².